The normalized spacial score (nSPS) is 13.5. The van der Waals surface area contributed by atoms with E-state index < -0.39 is 35.4 Å². The number of alkyl halides is 6. The van der Waals surface area contributed by atoms with Crippen LogP contribution in [0.25, 0.3) is 32.0 Å². The van der Waals surface area contributed by atoms with Crippen LogP contribution in [0.2, 0.25) is 0 Å². The molecule has 34 heavy (non-hydrogen) atoms. The molecule has 0 aliphatic rings. The SMILES string of the molecule is CC[n+]1c2ccc(C(O)=CC(=O)C(F)(F)F)cc2[s+]c2cc(C(O)=CC(=O)C(F)(F)F)ccc21. The molecule has 0 aliphatic heterocycles. The molecule has 0 saturated carbocycles. The highest BCUT2D eigenvalue weighted by Gasteiger charge is 2.38. The number of hydrogen-bond acceptors (Lipinski definition) is 4. The Morgan fingerprint density at radius 1 is 0.824 bits per heavy atom. The zero-order chi connectivity index (χ0) is 25.4. The number of aliphatic hydroxyl groups excluding tert-OH is 2. The number of ketones is 2. The maximum absolute atomic E-state index is 12.5. The van der Waals surface area contributed by atoms with E-state index in [4.69, 9.17) is 0 Å². The number of aliphatic hydroxyl groups is 2. The molecule has 0 unspecified atom stereocenters. The number of halogens is 6. The first-order chi connectivity index (χ1) is 15.7. The van der Waals surface area contributed by atoms with Gasteiger partial charge in [-0.15, -0.1) is 0 Å². The van der Waals surface area contributed by atoms with Gasteiger partial charge in [0.1, 0.15) is 18.1 Å². The van der Waals surface area contributed by atoms with Gasteiger partial charge < -0.3 is 10.2 Å². The van der Waals surface area contributed by atoms with Crippen molar-refractivity contribution in [3.8, 4) is 0 Å². The van der Waals surface area contributed by atoms with E-state index in [-0.39, 0.29) is 23.3 Å². The van der Waals surface area contributed by atoms with Crippen molar-refractivity contribution in [3.63, 3.8) is 0 Å². The van der Waals surface area contributed by atoms with Crippen LogP contribution in [0.1, 0.15) is 18.1 Å². The Balaban J connectivity index is 2.15. The van der Waals surface area contributed by atoms with Gasteiger partial charge in [0, 0.05) is 47.5 Å². The van der Waals surface area contributed by atoms with Gasteiger partial charge in [-0.05, 0) is 19.1 Å². The van der Waals surface area contributed by atoms with Gasteiger partial charge in [0.25, 0.3) is 22.6 Å². The van der Waals surface area contributed by atoms with Crippen molar-refractivity contribution in [3.05, 3.63) is 59.7 Å². The van der Waals surface area contributed by atoms with Gasteiger partial charge in [0.15, 0.2) is 0 Å². The molecule has 2 aromatic carbocycles. The number of aryl methyl sites for hydroxylation is 1. The molecule has 1 heterocycles. The third kappa shape index (κ3) is 5.16. The minimum atomic E-state index is -5.14. The molecule has 5 nitrogen and oxygen atoms in total. The van der Waals surface area contributed by atoms with E-state index in [1.54, 1.807) is 16.7 Å². The van der Waals surface area contributed by atoms with Crippen LogP contribution < -0.4 is 4.57 Å². The van der Waals surface area contributed by atoms with E-state index in [2.05, 4.69) is 0 Å². The van der Waals surface area contributed by atoms with Crippen molar-refractivity contribution in [1.82, 2.24) is 0 Å². The number of fused-ring (bicyclic) bond motifs is 2. The van der Waals surface area contributed by atoms with Crippen LogP contribution in [-0.4, -0.2) is 34.1 Å². The summed E-state index contributed by atoms with van der Waals surface area (Å²) in [5.74, 6) is -6.23. The van der Waals surface area contributed by atoms with Gasteiger partial charge in [-0.25, -0.2) is 0 Å². The summed E-state index contributed by atoms with van der Waals surface area (Å²) in [7, 11) is 0. The molecule has 2 N–H and O–H groups in total. The molecular formula is C22H15F6NO4S+2. The average molecular weight is 503 g/mol. The molecule has 178 valence electrons. The molecule has 12 heteroatoms. The quantitative estimate of drug-likeness (QED) is 0.117. The largest absolute Gasteiger partial charge is 0.507 e. The average Bonchev–Trinajstić information content (AvgIpc) is 2.75. The topological polar surface area (TPSA) is 78.5 Å². The molecular weight excluding hydrogens is 488 g/mol. The van der Waals surface area contributed by atoms with Crippen molar-refractivity contribution >= 4 is 54.9 Å². The Bertz CT molecular complexity index is 1280. The molecule has 0 saturated heterocycles. The second-order valence-electron chi connectivity index (χ2n) is 6.99. The first-order valence-electron chi connectivity index (χ1n) is 9.50. The van der Waals surface area contributed by atoms with E-state index in [9.17, 15) is 46.1 Å². The third-order valence-electron chi connectivity index (χ3n) is 4.72. The Kier molecular flexibility index (Phi) is 6.65. The van der Waals surface area contributed by atoms with Crippen LogP contribution in [-0.2, 0) is 16.1 Å². The van der Waals surface area contributed by atoms with Crippen molar-refractivity contribution in [2.45, 2.75) is 25.8 Å². The number of aromatic nitrogens is 1. The van der Waals surface area contributed by atoms with Crippen LogP contribution in [0.4, 0.5) is 26.3 Å². The summed E-state index contributed by atoms with van der Waals surface area (Å²) in [5.41, 5.74) is 1.16. The van der Waals surface area contributed by atoms with E-state index in [1.165, 1.54) is 24.3 Å². The monoisotopic (exact) mass is 503 g/mol. The summed E-state index contributed by atoms with van der Waals surface area (Å²) in [6.07, 6.45) is -10.2. The fraction of sp³-hybridized carbons (Fsp3) is 0.182. The molecule has 1 aromatic heterocycles. The number of nitrogens with zero attached hydrogens (tertiary/aromatic N) is 1. The van der Waals surface area contributed by atoms with Gasteiger partial charge in [-0.1, -0.05) is 0 Å². The Morgan fingerprint density at radius 2 is 1.21 bits per heavy atom. The van der Waals surface area contributed by atoms with E-state index in [0.29, 0.717) is 27.0 Å². The summed E-state index contributed by atoms with van der Waals surface area (Å²) >= 11 is 1.08. The predicted octanol–water partition coefficient (Wildman–Crippen LogP) is 5.70. The molecule has 0 atom stereocenters. The fourth-order valence-corrected chi connectivity index (χ4v) is 4.30. The second-order valence-corrected chi connectivity index (χ2v) is 8.08. The first kappa shape index (κ1) is 25.1. The lowest BCUT2D eigenvalue weighted by atomic mass is 10.1. The molecule has 0 amide bonds. The van der Waals surface area contributed by atoms with Crippen LogP contribution in [0, 0.1) is 0 Å². The second kappa shape index (κ2) is 9.01. The maximum Gasteiger partial charge on any atom is 0.454 e. The highest BCUT2D eigenvalue weighted by Crippen LogP contribution is 2.30. The summed E-state index contributed by atoms with van der Waals surface area (Å²) < 4.78 is 77.6. The van der Waals surface area contributed by atoms with Crippen LogP contribution in [0.3, 0.4) is 0 Å². The minimum Gasteiger partial charge on any atom is -0.507 e. The Morgan fingerprint density at radius 3 is 1.53 bits per heavy atom. The Hall–Kier alpha value is -3.54. The summed E-state index contributed by atoms with van der Waals surface area (Å²) in [4.78, 5) is 22.3. The first-order valence-corrected chi connectivity index (χ1v) is 10.3. The van der Waals surface area contributed by atoms with Gasteiger partial charge in [0.05, 0.1) is 0 Å². The molecule has 0 bridgehead atoms. The van der Waals surface area contributed by atoms with Crippen molar-refractivity contribution in [1.29, 1.82) is 0 Å². The third-order valence-corrected chi connectivity index (χ3v) is 5.82. The molecule has 0 fully saturated rings. The van der Waals surface area contributed by atoms with Crippen LogP contribution in [0.15, 0.2) is 48.6 Å². The highest BCUT2D eigenvalue weighted by atomic mass is 32.1. The van der Waals surface area contributed by atoms with Gasteiger partial charge in [0.2, 0.25) is 11.3 Å². The zero-order valence-corrected chi connectivity index (χ0v) is 18.0. The Labute approximate surface area is 191 Å². The van der Waals surface area contributed by atoms with Gasteiger partial charge in [-0.3, -0.25) is 9.59 Å². The summed E-state index contributed by atoms with van der Waals surface area (Å²) in [6, 6.07) is 8.48. The highest BCUT2D eigenvalue weighted by molar-refractivity contribution is 7.24. The minimum absolute atomic E-state index is 0.0574. The molecule has 0 radical (unpaired) electrons. The van der Waals surface area contributed by atoms with Crippen molar-refractivity contribution in [2.24, 2.45) is 0 Å². The summed E-state index contributed by atoms with van der Waals surface area (Å²) in [5, 5.41) is 20.0. The number of hydrogen-bond donors (Lipinski definition) is 2. The molecule has 3 aromatic rings. The number of carbonyl (C=O) groups is 2. The molecule has 3 rings (SSSR count). The van der Waals surface area contributed by atoms with Crippen molar-refractivity contribution in [2.75, 3.05) is 0 Å². The van der Waals surface area contributed by atoms with Crippen LogP contribution in [0.5, 0.6) is 0 Å². The van der Waals surface area contributed by atoms with Gasteiger partial charge in [-0.2, -0.15) is 30.9 Å². The number of carbonyl (C=O) groups excluding carboxylic acids is 2. The molecule has 0 aliphatic carbocycles. The van der Waals surface area contributed by atoms with Crippen molar-refractivity contribution < 1.29 is 50.7 Å². The van der Waals surface area contributed by atoms with E-state index >= 15 is 0 Å². The molecule has 0 spiro atoms. The van der Waals surface area contributed by atoms with Crippen LogP contribution >= 0.6 is 11.3 Å². The lowest BCUT2D eigenvalue weighted by Crippen LogP contribution is -2.33. The van der Waals surface area contributed by atoms with E-state index in [0.717, 1.165) is 11.3 Å². The zero-order valence-electron chi connectivity index (χ0n) is 17.2. The fourth-order valence-electron chi connectivity index (χ4n) is 3.12. The lowest BCUT2D eigenvalue weighted by molar-refractivity contribution is -0.641. The summed E-state index contributed by atoms with van der Waals surface area (Å²) in [6.45, 7) is 2.24. The number of allylic oxidation sites excluding steroid dienone is 2. The standard InChI is InChI=1S/C22H13F6NO4S/c1-2-29-13-5-3-11(15(30)9-19(32)21(23,24)25)7-17(13)34-18-8-12(4-6-14(18)29)16(31)10-20(33)22(26,27)28/h3-10H,2H2,1H3/p+2. The number of benzene rings is 2. The van der Waals surface area contributed by atoms with Gasteiger partial charge >= 0.3 is 21.8 Å². The predicted molar refractivity (Wildman–Crippen MR) is 113 cm³/mol. The lowest BCUT2D eigenvalue weighted by Gasteiger charge is -2.04. The van der Waals surface area contributed by atoms with E-state index in [1.807, 2.05) is 6.92 Å². The smallest absolute Gasteiger partial charge is 0.454 e. The number of rotatable bonds is 5. The maximum atomic E-state index is 12.5.